The van der Waals surface area contributed by atoms with Crippen molar-refractivity contribution in [3.8, 4) is 0 Å². The van der Waals surface area contributed by atoms with Gasteiger partial charge in [0.05, 0.1) is 26.4 Å². The maximum atomic E-state index is 13.1. The van der Waals surface area contributed by atoms with E-state index in [1.807, 2.05) is 12.2 Å². The number of carbonyl (C=O) groups excluding carboxylic acids is 4. The third kappa shape index (κ3) is 75.7. The second kappa shape index (κ2) is 76.6. The molecule has 0 heterocycles. The fourth-order valence-electron chi connectivity index (χ4n) is 10.6. The molecule has 0 radical (unpaired) electrons. The summed E-state index contributed by atoms with van der Waals surface area (Å²) in [7, 11) is -9.99. The first-order valence-corrected chi connectivity index (χ1v) is 43.8. The highest BCUT2D eigenvalue weighted by atomic mass is 31.2. The molecule has 0 saturated carbocycles. The minimum absolute atomic E-state index is 0.0565. The van der Waals surface area contributed by atoms with Crippen LogP contribution < -0.4 is 0 Å². The third-order valence-corrected chi connectivity index (χ3v) is 18.8. The van der Waals surface area contributed by atoms with Crippen LogP contribution in [0.3, 0.4) is 0 Å². The number of unbranched alkanes of at least 4 members (excludes halogenated alkanes) is 30. The van der Waals surface area contributed by atoms with Crippen LogP contribution in [0.1, 0.15) is 336 Å². The number of aliphatic hydroxyl groups excluding tert-OH is 1. The van der Waals surface area contributed by atoms with E-state index in [1.165, 1.54) is 96.3 Å². The molecule has 0 aliphatic rings. The number of aliphatic hydroxyl groups is 1. The number of phosphoric ester groups is 2. The van der Waals surface area contributed by atoms with Gasteiger partial charge in [0.1, 0.15) is 19.3 Å². The third-order valence-electron chi connectivity index (χ3n) is 16.9. The van der Waals surface area contributed by atoms with Crippen molar-refractivity contribution in [2.45, 2.75) is 354 Å². The molecule has 3 N–H and O–H groups in total. The molecule has 17 nitrogen and oxygen atoms in total. The summed E-state index contributed by atoms with van der Waals surface area (Å²) in [5.74, 6) is -2.29. The lowest BCUT2D eigenvalue weighted by atomic mass is 10.1. The summed E-state index contributed by atoms with van der Waals surface area (Å²) in [6.07, 6.45) is 84.6. The Kier molecular flexibility index (Phi) is 73.3. The quantitative estimate of drug-likeness (QED) is 0.0169. The smallest absolute Gasteiger partial charge is 0.462 e. The zero-order valence-electron chi connectivity index (χ0n) is 65.4. The number of allylic oxidation sites excluding steroid dienone is 20. The van der Waals surface area contributed by atoms with Crippen LogP contribution in [-0.2, 0) is 65.4 Å². The molecule has 0 rings (SSSR count). The second-order valence-corrected chi connectivity index (χ2v) is 29.9. The molecule has 0 spiro atoms. The first kappa shape index (κ1) is 99.5. The van der Waals surface area contributed by atoms with Crippen molar-refractivity contribution in [1.29, 1.82) is 0 Å². The largest absolute Gasteiger partial charge is 0.472 e. The molecule has 0 fully saturated rings. The van der Waals surface area contributed by atoms with Crippen LogP contribution in [0.15, 0.2) is 122 Å². The van der Waals surface area contributed by atoms with Gasteiger partial charge in [-0.25, -0.2) is 9.13 Å². The summed E-state index contributed by atoms with van der Waals surface area (Å²) in [5, 5.41) is 10.6. The molecular weight excluding hydrogens is 1350 g/mol. The maximum absolute atomic E-state index is 13.1. The van der Waals surface area contributed by atoms with E-state index >= 15 is 0 Å². The molecule has 0 aromatic heterocycles. The van der Waals surface area contributed by atoms with Crippen LogP contribution in [0.2, 0.25) is 0 Å². The summed E-state index contributed by atoms with van der Waals surface area (Å²) in [4.78, 5) is 73.0. The summed E-state index contributed by atoms with van der Waals surface area (Å²) in [6, 6.07) is 0. The van der Waals surface area contributed by atoms with Crippen molar-refractivity contribution in [3.05, 3.63) is 122 Å². The number of hydrogen-bond donors (Lipinski definition) is 3. The van der Waals surface area contributed by atoms with E-state index in [9.17, 15) is 43.2 Å². The van der Waals surface area contributed by atoms with Gasteiger partial charge in [0.2, 0.25) is 0 Å². The van der Waals surface area contributed by atoms with E-state index in [0.717, 1.165) is 154 Å². The van der Waals surface area contributed by atoms with Gasteiger partial charge in [-0.15, -0.1) is 0 Å². The van der Waals surface area contributed by atoms with Crippen LogP contribution in [-0.4, -0.2) is 96.7 Å². The predicted molar refractivity (Wildman–Crippen MR) is 427 cm³/mol. The van der Waals surface area contributed by atoms with E-state index in [0.29, 0.717) is 32.1 Å². The SMILES string of the molecule is CCCCC/C=C\C/C=C\C/C=C\CCCCCCC(=O)O[C@H](COC(=O)CCC/C=C\C/C=C\C/C=C\CCCCCCCC)COP(=O)(O)OCC(O)COP(=O)(O)OC[C@@H](COC(=O)CCCCCCC/C=C\C/C=C\CCCCC)OC(=O)CCCCCCC/C=C\C/C=C\CCCCC. The van der Waals surface area contributed by atoms with Crippen LogP contribution in [0.4, 0.5) is 0 Å². The topological polar surface area (TPSA) is 237 Å². The molecule has 0 aliphatic heterocycles. The van der Waals surface area contributed by atoms with Crippen LogP contribution in [0, 0.1) is 0 Å². The lowest BCUT2D eigenvalue weighted by Crippen LogP contribution is -2.30. The molecule has 5 atom stereocenters. The molecule has 3 unspecified atom stereocenters. The fourth-order valence-corrected chi connectivity index (χ4v) is 12.2. The Balaban J connectivity index is 5.46. The molecule has 0 amide bonds. The Morgan fingerprint density at radius 3 is 0.779 bits per heavy atom. The molecule has 104 heavy (non-hydrogen) atoms. The number of hydrogen-bond acceptors (Lipinski definition) is 15. The summed E-state index contributed by atoms with van der Waals surface area (Å²) in [6.45, 7) is 4.70. The van der Waals surface area contributed by atoms with Gasteiger partial charge in [-0.1, -0.05) is 271 Å². The van der Waals surface area contributed by atoms with Crippen molar-refractivity contribution in [2.24, 2.45) is 0 Å². The maximum Gasteiger partial charge on any atom is 0.472 e. The van der Waals surface area contributed by atoms with Crippen molar-refractivity contribution in [1.82, 2.24) is 0 Å². The van der Waals surface area contributed by atoms with Crippen molar-refractivity contribution >= 4 is 39.5 Å². The molecule has 19 heteroatoms. The van der Waals surface area contributed by atoms with Crippen LogP contribution >= 0.6 is 15.6 Å². The second-order valence-electron chi connectivity index (χ2n) is 27.0. The molecule has 0 aromatic rings. The number of carbonyl (C=O) groups is 4. The highest BCUT2D eigenvalue weighted by molar-refractivity contribution is 7.47. The Hall–Kier alpha value is -4.54. The molecule has 0 aromatic carbocycles. The van der Waals surface area contributed by atoms with Crippen LogP contribution in [0.5, 0.6) is 0 Å². The Morgan fingerprint density at radius 2 is 0.481 bits per heavy atom. The van der Waals surface area contributed by atoms with Gasteiger partial charge in [-0.3, -0.25) is 37.3 Å². The van der Waals surface area contributed by atoms with Gasteiger partial charge in [-0.05, 0) is 161 Å². The van der Waals surface area contributed by atoms with E-state index in [4.69, 9.17) is 37.0 Å². The first-order valence-electron chi connectivity index (χ1n) is 40.8. The van der Waals surface area contributed by atoms with E-state index < -0.39 is 97.5 Å². The Bertz CT molecular complexity index is 2440. The highest BCUT2D eigenvalue weighted by Crippen LogP contribution is 2.45. The molecular formula is C85H146O17P2. The van der Waals surface area contributed by atoms with Gasteiger partial charge in [-0.2, -0.15) is 0 Å². The molecule has 0 saturated heterocycles. The average Bonchev–Trinajstić information content (AvgIpc) is 1.04. The van der Waals surface area contributed by atoms with Crippen LogP contribution in [0.25, 0.3) is 0 Å². The van der Waals surface area contributed by atoms with Gasteiger partial charge < -0.3 is 33.8 Å². The Morgan fingerprint density at radius 1 is 0.269 bits per heavy atom. The van der Waals surface area contributed by atoms with E-state index in [1.54, 1.807) is 0 Å². The predicted octanol–water partition coefficient (Wildman–Crippen LogP) is 23.9. The van der Waals surface area contributed by atoms with Gasteiger partial charge in [0.25, 0.3) is 0 Å². The number of phosphoric acid groups is 2. The van der Waals surface area contributed by atoms with Gasteiger partial charge in [0, 0.05) is 25.7 Å². The highest BCUT2D eigenvalue weighted by Gasteiger charge is 2.30. The lowest BCUT2D eigenvalue weighted by Gasteiger charge is -2.21. The van der Waals surface area contributed by atoms with Gasteiger partial charge >= 0.3 is 39.5 Å². The monoisotopic (exact) mass is 1500 g/mol. The van der Waals surface area contributed by atoms with Crippen molar-refractivity contribution < 1.29 is 80.2 Å². The standard InChI is InChI=1S/C85H146O17P2/c1-5-9-13-17-21-25-29-33-37-39-43-46-50-54-58-62-66-70-83(88)96-76-81(102-85(90)72-68-64-60-56-52-48-44-40-38-34-30-26-22-18-14-10-6-2)78-100-104(93,94)98-74-79(86)73-97-103(91,92)99-77-80(101-84(89)71-67-63-59-55-51-47-42-36-32-28-24-20-16-12-8-4)75-95-82(87)69-65-61-57-53-49-45-41-35-31-27-23-19-15-11-7-3/h22-24,26-28,33-38,41-44,46,48,54,58,79-81,86H,5-21,25,29-32,39-40,45,47,49-53,55-57,59-78H2,1-4H3,(H,91,92)(H,93,94)/b26-22-,27-23-,28-24-,37-33-,38-34-,41-35-,42-36-,46-43-,48-44-,58-54-/t79?,80-,81-/m1/s1. The average molecular weight is 1500 g/mol. The van der Waals surface area contributed by atoms with Gasteiger partial charge in [0.15, 0.2) is 12.2 Å². The van der Waals surface area contributed by atoms with Crippen molar-refractivity contribution in [2.75, 3.05) is 39.6 Å². The normalized spacial score (nSPS) is 14.5. The van der Waals surface area contributed by atoms with Crippen molar-refractivity contribution in [3.63, 3.8) is 0 Å². The van der Waals surface area contributed by atoms with E-state index in [-0.39, 0.29) is 25.7 Å². The summed E-state index contributed by atoms with van der Waals surface area (Å²) < 4.78 is 68.6. The lowest BCUT2D eigenvalue weighted by molar-refractivity contribution is -0.161. The fraction of sp³-hybridized carbons (Fsp3) is 0.718. The zero-order valence-corrected chi connectivity index (χ0v) is 67.2. The molecule has 598 valence electrons. The summed E-state index contributed by atoms with van der Waals surface area (Å²) >= 11 is 0. The number of esters is 4. The first-order chi connectivity index (χ1) is 50.7. The minimum atomic E-state index is -5.00. The molecule has 0 aliphatic carbocycles. The number of rotatable bonds is 76. The zero-order chi connectivity index (χ0) is 76.0. The Labute approximate surface area is 632 Å². The molecule has 0 bridgehead atoms. The number of ether oxygens (including phenoxy) is 4. The summed E-state index contributed by atoms with van der Waals surface area (Å²) in [5.41, 5.74) is 0. The minimum Gasteiger partial charge on any atom is -0.462 e. The van der Waals surface area contributed by atoms with E-state index in [2.05, 4.69) is 137 Å².